The van der Waals surface area contributed by atoms with E-state index in [1.807, 2.05) is 19.1 Å². The first kappa shape index (κ1) is 13.5. The van der Waals surface area contributed by atoms with Crippen LogP contribution in [-0.4, -0.2) is 23.3 Å². The minimum Gasteiger partial charge on any atom is -0.494 e. The molecule has 2 aromatic rings. The van der Waals surface area contributed by atoms with Crippen molar-refractivity contribution < 1.29 is 9.26 Å². The summed E-state index contributed by atoms with van der Waals surface area (Å²) >= 11 is 0. The fourth-order valence-electron chi connectivity index (χ4n) is 1.84. The van der Waals surface area contributed by atoms with Crippen LogP contribution < -0.4 is 10.1 Å². The van der Waals surface area contributed by atoms with Crippen molar-refractivity contribution in [1.29, 1.82) is 0 Å². The molecule has 2 rings (SSSR count). The smallest absolute Gasteiger partial charge is 0.213 e. The Bertz CT molecular complexity index is 468. The molecule has 1 atom stereocenters. The molecule has 1 unspecified atom stereocenters. The van der Waals surface area contributed by atoms with E-state index in [9.17, 15) is 0 Å². The average molecular weight is 261 g/mol. The first-order chi connectivity index (χ1) is 9.29. The number of rotatable bonds is 7. The predicted molar refractivity (Wildman–Crippen MR) is 72.0 cm³/mol. The van der Waals surface area contributed by atoms with Crippen LogP contribution in [0.4, 0.5) is 0 Å². The standard InChI is InChI=1S/C14H19N3O2/c1-3-18-13-6-4-12(5-7-13)11(2)15-9-8-14-16-10-19-17-14/h4-7,10-11,15H,3,8-9H2,1-2H3. The fourth-order valence-corrected chi connectivity index (χ4v) is 1.84. The Morgan fingerprint density at radius 2 is 2.11 bits per heavy atom. The monoisotopic (exact) mass is 261 g/mol. The number of benzene rings is 1. The average Bonchev–Trinajstić information content (AvgIpc) is 2.93. The summed E-state index contributed by atoms with van der Waals surface area (Å²) in [6.07, 6.45) is 2.11. The summed E-state index contributed by atoms with van der Waals surface area (Å²) in [4.78, 5) is 3.98. The minimum absolute atomic E-state index is 0.280. The molecule has 5 heteroatoms. The summed E-state index contributed by atoms with van der Waals surface area (Å²) in [5.41, 5.74) is 1.23. The second kappa shape index (κ2) is 6.89. The van der Waals surface area contributed by atoms with E-state index in [-0.39, 0.29) is 6.04 Å². The molecular formula is C14H19N3O2. The highest BCUT2D eigenvalue weighted by Gasteiger charge is 2.05. The Labute approximate surface area is 113 Å². The van der Waals surface area contributed by atoms with Crippen molar-refractivity contribution in [3.63, 3.8) is 0 Å². The van der Waals surface area contributed by atoms with Crippen LogP contribution >= 0.6 is 0 Å². The molecule has 0 radical (unpaired) electrons. The molecule has 0 bridgehead atoms. The van der Waals surface area contributed by atoms with Gasteiger partial charge in [0, 0.05) is 19.0 Å². The van der Waals surface area contributed by atoms with Gasteiger partial charge in [0.15, 0.2) is 5.82 Å². The summed E-state index contributed by atoms with van der Waals surface area (Å²) < 4.78 is 10.1. The summed E-state index contributed by atoms with van der Waals surface area (Å²) in [5.74, 6) is 1.64. The van der Waals surface area contributed by atoms with Crippen LogP contribution in [0.5, 0.6) is 5.75 Å². The molecule has 5 nitrogen and oxygen atoms in total. The van der Waals surface area contributed by atoms with Gasteiger partial charge in [0.25, 0.3) is 0 Å². The van der Waals surface area contributed by atoms with E-state index in [2.05, 4.69) is 34.5 Å². The first-order valence-corrected chi connectivity index (χ1v) is 6.51. The summed E-state index contributed by atoms with van der Waals surface area (Å²) in [7, 11) is 0. The number of nitrogens with zero attached hydrogens (tertiary/aromatic N) is 2. The Hall–Kier alpha value is -1.88. The molecule has 0 saturated carbocycles. The maximum absolute atomic E-state index is 5.42. The lowest BCUT2D eigenvalue weighted by Gasteiger charge is -2.14. The second-order valence-corrected chi connectivity index (χ2v) is 4.28. The Morgan fingerprint density at radius 3 is 2.74 bits per heavy atom. The van der Waals surface area contributed by atoms with Gasteiger partial charge in [-0.2, -0.15) is 4.98 Å². The molecule has 0 fully saturated rings. The van der Waals surface area contributed by atoms with Gasteiger partial charge in [0.05, 0.1) is 6.61 Å². The van der Waals surface area contributed by atoms with Crippen molar-refractivity contribution in [2.45, 2.75) is 26.3 Å². The lowest BCUT2D eigenvalue weighted by atomic mass is 10.1. The van der Waals surface area contributed by atoms with Gasteiger partial charge in [-0.25, -0.2) is 0 Å². The van der Waals surface area contributed by atoms with E-state index in [4.69, 9.17) is 9.26 Å². The molecule has 1 N–H and O–H groups in total. The lowest BCUT2D eigenvalue weighted by Crippen LogP contribution is -2.21. The Balaban J connectivity index is 1.80. The van der Waals surface area contributed by atoms with Crippen LogP contribution in [0.2, 0.25) is 0 Å². The van der Waals surface area contributed by atoms with E-state index in [1.165, 1.54) is 12.0 Å². The molecule has 0 saturated heterocycles. The van der Waals surface area contributed by atoms with E-state index < -0.39 is 0 Å². The molecule has 1 heterocycles. The van der Waals surface area contributed by atoms with Crippen molar-refractivity contribution in [1.82, 2.24) is 15.5 Å². The molecule has 0 amide bonds. The van der Waals surface area contributed by atoms with Gasteiger partial charge in [0.2, 0.25) is 6.39 Å². The maximum atomic E-state index is 5.42. The predicted octanol–water partition coefficient (Wildman–Crippen LogP) is 2.36. The SMILES string of the molecule is CCOc1ccc(C(C)NCCc2ncon2)cc1. The molecule has 0 aliphatic carbocycles. The van der Waals surface area contributed by atoms with Gasteiger partial charge in [-0.15, -0.1) is 0 Å². The second-order valence-electron chi connectivity index (χ2n) is 4.28. The van der Waals surface area contributed by atoms with Crippen LogP contribution in [0, 0.1) is 0 Å². The van der Waals surface area contributed by atoms with Crippen molar-refractivity contribution in [2.24, 2.45) is 0 Å². The number of nitrogens with one attached hydrogen (secondary N) is 1. The highest BCUT2D eigenvalue weighted by molar-refractivity contribution is 5.28. The summed E-state index contributed by atoms with van der Waals surface area (Å²) in [5, 5.41) is 7.20. The number of hydrogen-bond donors (Lipinski definition) is 1. The summed E-state index contributed by atoms with van der Waals surface area (Å²) in [6, 6.07) is 8.43. The van der Waals surface area contributed by atoms with Crippen molar-refractivity contribution in [2.75, 3.05) is 13.2 Å². The zero-order valence-electron chi connectivity index (χ0n) is 11.3. The van der Waals surface area contributed by atoms with Crippen LogP contribution in [0.3, 0.4) is 0 Å². The minimum atomic E-state index is 0.280. The zero-order valence-corrected chi connectivity index (χ0v) is 11.3. The van der Waals surface area contributed by atoms with E-state index in [0.29, 0.717) is 6.61 Å². The van der Waals surface area contributed by atoms with Gasteiger partial charge >= 0.3 is 0 Å². The Kier molecular flexibility index (Phi) is 4.92. The fraction of sp³-hybridized carbons (Fsp3) is 0.429. The van der Waals surface area contributed by atoms with E-state index >= 15 is 0 Å². The highest BCUT2D eigenvalue weighted by Crippen LogP contribution is 2.17. The first-order valence-electron chi connectivity index (χ1n) is 6.51. The van der Waals surface area contributed by atoms with E-state index in [1.54, 1.807) is 0 Å². The molecule has 0 spiro atoms. The number of ether oxygens (including phenoxy) is 1. The molecule has 19 heavy (non-hydrogen) atoms. The quantitative estimate of drug-likeness (QED) is 0.829. The highest BCUT2D eigenvalue weighted by atomic mass is 16.5. The Morgan fingerprint density at radius 1 is 1.32 bits per heavy atom. The topological polar surface area (TPSA) is 60.2 Å². The third kappa shape index (κ3) is 4.06. The van der Waals surface area contributed by atoms with Crippen LogP contribution in [0.1, 0.15) is 31.3 Å². The van der Waals surface area contributed by atoms with Gasteiger partial charge in [-0.3, -0.25) is 0 Å². The third-order valence-corrected chi connectivity index (χ3v) is 2.90. The number of aromatic nitrogens is 2. The number of hydrogen-bond acceptors (Lipinski definition) is 5. The van der Waals surface area contributed by atoms with Crippen molar-refractivity contribution in [3.8, 4) is 5.75 Å². The van der Waals surface area contributed by atoms with Gasteiger partial charge in [0.1, 0.15) is 5.75 Å². The van der Waals surface area contributed by atoms with E-state index in [0.717, 1.165) is 24.5 Å². The molecular weight excluding hydrogens is 242 g/mol. The molecule has 0 aliphatic heterocycles. The van der Waals surface area contributed by atoms with Crippen molar-refractivity contribution in [3.05, 3.63) is 42.0 Å². The molecule has 102 valence electrons. The van der Waals surface area contributed by atoms with Crippen molar-refractivity contribution >= 4 is 0 Å². The maximum Gasteiger partial charge on any atom is 0.213 e. The normalized spacial score (nSPS) is 12.3. The van der Waals surface area contributed by atoms with Crippen LogP contribution in [-0.2, 0) is 6.42 Å². The van der Waals surface area contributed by atoms with Gasteiger partial charge in [-0.1, -0.05) is 17.3 Å². The molecule has 1 aromatic carbocycles. The van der Waals surface area contributed by atoms with Gasteiger partial charge < -0.3 is 14.6 Å². The van der Waals surface area contributed by atoms with Crippen LogP contribution in [0.25, 0.3) is 0 Å². The third-order valence-electron chi connectivity index (χ3n) is 2.90. The zero-order chi connectivity index (χ0) is 13.5. The largest absolute Gasteiger partial charge is 0.494 e. The molecule has 0 aliphatic rings. The molecule has 1 aromatic heterocycles. The van der Waals surface area contributed by atoms with Gasteiger partial charge in [-0.05, 0) is 31.5 Å². The lowest BCUT2D eigenvalue weighted by molar-refractivity contribution is 0.340. The summed E-state index contributed by atoms with van der Waals surface area (Å²) in [6.45, 7) is 5.62. The van der Waals surface area contributed by atoms with Crippen LogP contribution in [0.15, 0.2) is 35.2 Å².